The van der Waals surface area contributed by atoms with Crippen LogP contribution in [0.25, 0.3) is 0 Å². The van der Waals surface area contributed by atoms with Crippen molar-refractivity contribution in [1.29, 1.82) is 0 Å². The first-order valence-corrected chi connectivity index (χ1v) is 6.87. The molecule has 0 fully saturated rings. The highest BCUT2D eigenvalue weighted by molar-refractivity contribution is 9.10. The summed E-state index contributed by atoms with van der Waals surface area (Å²) in [6, 6.07) is 2.94. The van der Waals surface area contributed by atoms with Crippen LogP contribution in [0.4, 0.5) is 4.79 Å². The second-order valence-corrected chi connectivity index (χ2v) is 4.50. The van der Waals surface area contributed by atoms with Crippen molar-refractivity contribution in [2.75, 3.05) is 19.8 Å². The van der Waals surface area contributed by atoms with E-state index in [-0.39, 0.29) is 12.4 Å². The van der Waals surface area contributed by atoms with Gasteiger partial charge in [0.1, 0.15) is 6.54 Å². The zero-order valence-electron chi connectivity index (χ0n) is 11.5. The molecule has 0 bridgehead atoms. The molecule has 1 heterocycles. The number of ether oxygens (including phenoxy) is 2. The predicted octanol–water partition coefficient (Wildman–Crippen LogP) is 0.588. The molecule has 120 valence electrons. The van der Waals surface area contributed by atoms with E-state index in [9.17, 15) is 19.2 Å². The summed E-state index contributed by atoms with van der Waals surface area (Å²) in [5, 5.41) is 4.09. The Hall–Kier alpha value is -2.36. The Morgan fingerprint density at radius 3 is 2.55 bits per heavy atom. The van der Waals surface area contributed by atoms with Crippen LogP contribution in [-0.4, -0.2) is 43.6 Å². The summed E-state index contributed by atoms with van der Waals surface area (Å²) in [6.45, 7) is 0.557. The molecular weight excluding hydrogens is 364 g/mol. The number of esters is 1. The number of carbonyl (C=O) groups is 4. The fourth-order valence-corrected chi connectivity index (χ4v) is 1.50. The van der Waals surface area contributed by atoms with Gasteiger partial charge in [-0.05, 0) is 35.0 Å². The molecular formula is C12H13BrN2O7. The lowest BCUT2D eigenvalue weighted by atomic mass is 10.4. The summed E-state index contributed by atoms with van der Waals surface area (Å²) < 4.78 is 14.4. The molecule has 0 radical (unpaired) electrons. The van der Waals surface area contributed by atoms with Crippen LogP contribution in [0.3, 0.4) is 0 Å². The molecule has 0 aromatic carbocycles. The number of rotatable bonds is 6. The molecule has 1 aromatic rings. The fourth-order valence-electron chi connectivity index (χ4n) is 1.19. The monoisotopic (exact) mass is 376 g/mol. The van der Waals surface area contributed by atoms with E-state index in [2.05, 4.69) is 30.7 Å². The SMILES string of the molecule is CCOC(=O)NC(=O)COC(=O)CNC(=O)c1ccc(Br)o1. The van der Waals surface area contributed by atoms with Gasteiger partial charge in [0.15, 0.2) is 17.0 Å². The largest absolute Gasteiger partial charge is 0.454 e. The molecule has 0 aliphatic rings. The van der Waals surface area contributed by atoms with Gasteiger partial charge in [-0.15, -0.1) is 0 Å². The molecule has 9 nitrogen and oxygen atoms in total. The van der Waals surface area contributed by atoms with Crippen LogP contribution < -0.4 is 10.6 Å². The van der Waals surface area contributed by atoms with Gasteiger partial charge in [-0.1, -0.05) is 0 Å². The summed E-state index contributed by atoms with van der Waals surface area (Å²) in [5.41, 5.74) is 0. The van der Waals surface area contributed by atoms with E-state index in [0.29, 0.717) is 4.67 Å². The molecule has 0 saturated heterocycles. The van der Waals surface area contributed by atoms with Gasteiger partial charge in [-0.25, -0.2) is 4.79 Å². The van der Waals surface area contributed by atoms with E-state index in [0.717, 1.165) is 0 Å². The van der Waals surface area contributed by atoms with Gasteiger partial charge >= 0.3 is 12.1 Å². The van der Waals surface area contributed by atoms with Crippen molar-refractivity contribution >= 4 is 39.8 Å². The predicted molar refractivity (Wildman–Crippen MR) is 74.9 cm³/mol. The molecule has 0 unspecified atom stereocenters. The van der Waals surface area contributed by atoms with E-state index in [1.54, 1.807) is 6.92 Å². The Morgan fingerprint density at radius 2 is 1.95 bits per heavy atom. The van der Waals surface area contributed by atoms with Gasteiger partial charge < -0.3 is 19.2 Å². The molecule has 1 rings (SSSR count). The van der Waals surface area contributed by atoms with Crippen molar-refractivity contribution in [3.8, 4) is 0 Å². The van der Waals surface area contributed by atoms with E-state index in [1.165, 1.54) is 12.1 Å². The smallest absolute Gasteiger partial charge is 0.413 e. The number of hydrogen-bond acceptors (Lipinski definition) is 7. The molecule has 0 atom stereocenters. The third-order valence-electron chi connectivity index (χ3n) is 2.07. The van der Waals surface area contributed by atoms with Crippen molar-refractivity contribution in [1.82, 2.24) is 10.6 Å². The van der Waals surface area contributed by atoms with Crippen molar-refractivity contribution < 1.29 is 33.1 Å². The minimum Gasteiger partial charge on any atom is -0.454 e. The number of nitrogens with one attached hydrogen (secondary N) is 2. The van der Waals surface area contributed by atoms with Gasteiger partial charge in [0.25, 0.3) is 11.8 Å². The second-order valence-electron chi connectivity index (χ2n) is 3.72. The third-order valence-corrected chi connectivity index (χ3v) is 2.50. The van der Waals surface area contributed by atoms with Gasteiger partial charge in [-0.3, -0.25) is 19.7 Å². The van der Waals surface area contributed by atoms with Gasteiger partial charge in [0, 0.05) is 0 Å². The number of hydrogen-bond donors (Lipinski definition) is 2. The average Bonchev–Trinajstić information content (AvgIpc) is 2.89. The molecule has 10 heteroatoms. The summed E-state index contributed by atoms with van der Waals surface area (Å²) in [4.78, 5) is 45.0. The van der Waals surface area contributed by atoms with Crippen LogP contribution in [0, 0.1) is 0 Å². The standard InChI is InChI=1S/C12H13BrN2O7/c1-2-20-12(19)15-9(16)6-21-10(17)5-14-11(18)7-3-4-8(13)22-7/h3-4H,2,5-6H2,1H3,(H,14,18)(H,15,16,19). The summed E-state index contributed by atoms with van der Waals surface area (Å²) in [5.74, 6) is -2.29. The summed E-state index contributed by atoms with van der Waals surface area (Å²) in [7, 11) is 0. The highest BCUT2D eigenvalue weighted by atomic mass is 79.9. The van der Waals surface area contributed by atoms with E-state index in [1.807, 2.05) is 5.32 Å². The maximum Gasteiger partial charge on any atom is 0.413 e. The molecule has 0 aliphatic carbocycles. The normalized spacial score (nSPS) is 9.73. The molecule has 0 saturated carbocycles. The van der Waals surface area contributed by atoms with Crippen LogP contribution in [0.15, 0.2) is 21.2 Å². The summed E-state index contributed by atoms with van der Waals surface area (Å²) >= 11 is 3.03. The Morgan fingerprint density at radius 1 is 1.23 bits per heavy atom. The Balaban J connectivity index is 2.24. The number of amides is 3. The second kappa shape index (κ2) is 8.82. The number of imide groups is 1. The molecule has 3 amide bonds. The minimum absolute atomic E-state index is 0.0136. The van der Waals surface area contributed by atoms with Crippen molar-refractivity contribution in [2.45, 2.75) is 6.92 Å². The molecule has 0 spiro atoms. The Bertz CT molecular complexity index is 570. The average molecular weight is 377 g/mol. The molecule has 22 heavy (non-hydrogen) atoms. The highest BCUT2D eigenvalue weighted by Gasteiger charge is 2.14. The Labute approximate surface area is 133 Å². The first-order chi connectivity index (χ1) is 10.4. The zero-order chi connectivity index (χ0) is 16.5. The van der Waals surface area contributed by atoms with Gasteiger partial charge in [0.05, 0.1) is 6.61 Å². The lowest BCUT2D eigenvalue weighted by molar-refractivity contribution is -0.147. The summed E-state index contributed by atoms with van der Waals surface area (Å²) in [6.07, 6.45) is -0.930. The maximum atomic E-state index is 11.5. The van der Waals surface area contributed by atoms with E-state index in [4.69, 9.17) is 4.42 Å². The first-order valence-electron chi connectivity index (χ1n) is 6.08. The van der Waals surface area contributed by atoms with E-state index >= 15 is 0 Å². The zero-order valence-corrected chi connectivity index (χ0v) is 13.1. The van der Waals surface area contributed by atoms with Crippen LogP contribution in [-0.2, 0) is 19.1 Å². The quantitative estimate of drug-likeness (QED) is 0.696. The topological polar surface area (TPSA) is 124 Å². The number of halogens is 1. The van der Waals surface area contributed by atoms with Crippen molar-refractivity contribution in [2.24, 2.45) is 0 Å². The molecule has 1 aromatic heterocycles. The Kier molecular flexibility index (Phi) is 7.09. The number of alkyl carbamates (subject to hydrolysis) is 1. The van der Waals surface area contributed by atoms with Crippen molar-refractivity contribution in [3.05, 3.63) is 22.6 Å². The van der Waals surface area contributed by atoms with Crippen LogP contribution in [0.1, 0.15) is 17.5 Å². The van der Waals surface area contributed by atoms with Crippen LogP contribution in [0.5, 0.6) is 0 Å². The fraction of sp³-hybridized carbons (Fsp3) is 0.333. The molecule has 0 aliphatic heterocycles. The lowest BCUT2D eigenvalue weighted by Crippen LogP contribution is -2.36. The molecule has 2 N–H and O–H groups in total. The maximum absolute atomic E-state index is 11.5. The van der Waals surface area contributed by atoms with Gasteiger partial charge in [-0.2, -0.15) is 0 Å². The van der Waals surface area contributed by atoms with E-state index < -0.39 is 37.0 Å². The minimum atomic E-state index is -0.930. The van der Waals surface area contributed by atoms with Crippen molar-refractivity contribution in [3.63, 3.8) is 0 Å². The lowest BCUT2D eigenvalue weighted by Gasteiger charge is -2.06. The van der Waals surface area contributed by atoms with Gasteiger partial charge in [0.2, 0.25) is 0 Å². The number of furan rings is 1. The third kappa shape index (κ3) is 6.39. The number of carbonyl (C=O) groups excluding carboxylic acids is 4. The van der Waals surface area contributed by atoms with Crippen LogP contribution in [0.2, 0.25) is 0 Å². The highest BCUT2D eigenvalue weighted by Crippen LogP contribution is 2.13. The first kappa shape index (κ1) is 17.7. The van der Waals surface area contributed by atoms with Crippen LogP contribution >= 0.6 is 15.9 Å².